The molecule has 25 heavy (non-hydrogen) atoms. The van der Waals surface area contributed by atoms with E-state index in [0.29, 0.717) is 13.1 Å². The Morgan fingerprint density at radius 1 is 1.20 bits per heavy atom. The molecule has 2 aromatic rings. The van der Waals surface area contributed by atoms with Crippen molar-refractivity contribution >= 4 is 28.4 Å². The summed E-state index contributed by atoms with van der Waals surface area (Å²) in [6, 6.07) is 10.1. The molecule has 1 fully saturated rings. The minimum atomic E-state index is -0.241. The maximum Gasteiger partial charge on any atom is 0.246 e. The molecule has 0 spiro atoms. The fourth-order valence-electron chi connectivity index (χ4n) is 3.09. The molecule has 6 heteroatoms. The molecule has 0 aliphatic carbocycles. The van der Waals surface area contributed by atoms with Crippen molar-refractivity contribution in [2.75, 3.05) is 44.7 Å². The number of nitrogens with zero attached hydrogens (tertiary/aromatic N) is 4. The van der Waals surface area contributed by atoms with E-state index in [1.54, 1.807) is 7.05 Å². The fourth-order valence-corrected chi connectivity index (χ4v) is 3.09. The topological polar surface area (TPSA) is 56.8 Å². The Labute approximate surface area is 147 Å². The average Bonchev–Trinajstić information content (AvgIpc) is 2.66. The summed E-state index contributed by atoms with van der Waals surface area (Å²) < 4.78 is 0. The first-order chi connectivity index (χ1) is 12.1. The molecule has 1 saturated heterocycles. The first-order valence-electron chi connectivity index (χ1n) is 8.34. The van der Waals surface area contributed by atoms with Crippen LogP contribution in [0.5, 0.6) is 0 Å². The van der Waals surface area contributed by atoms with Gasteiger partial charge in [0.05, 0.1) is 12.1 Å². The van der Waals surface area contributed by atoms with Crippen LogP contribution in [0.2, 0.25) is 0 Å². The SMILES string of the molecule is C=CC(=O)N(C)CC(=O)N1CCN(c2ccnc3ccccc23)CC1. The molecule has 0 radical (unpaired) electrons. The van der Waals surface area contributed by atoms with Crippen molar-refractivity contribution in [1.29, 1.82) is 0 Å². The predicted octanol–water partition coefficient (Wildman–Crippen LogP) is 1.53. The highest BCUT2D eigenvalue weighted by molar-refractivity contribution is 5.92. The zero-order valence-corrected chi connectivity index (χ0v) is 14.4. The molecule has 1 aromatic heterocycles. The second kappa shape index (κ2) is 7.34. The number of hydrogen-bond acceptors (Lipinski definition) is 4. The molecule has 1 aliphatic heterocycles. The van der Waals surface area contributed by atoms with Crippen LogP contribution in [-0.4, -0.2) is 66.4 Å². The summed E-state index contributed by atoms with van der Waals surface area (Å²) in [5, 5.41) is 1.13. The maximum atomic E-state index is 12.4. The largest absolute Gasteiger partial charge is 0.367 e. The summed E-state index contributed by atoms with van der Waals surface area (Å²) in [5.74, 6) is -0.271. The van der Waals surface area contributed by atoms with Crippen molar-refractivity contribution in [2.45, 2.75) is 0 Å². The summed E-state index contributed by atoms with van der Waals surface area (Å²) in [7, 11) is 1.61. The van der Waals surface area contributed by atoms with Gasteiger partial charge in [-0.15, -0.1) is 0 Å². The van der Waals surface area contributed by atoms with E-state index >= 15 is 0 Å². The summed E-state index contributed by atoms with van der Waals surface area (Å²) >= 11 is 0. The van der Waals surface area contributed by atoms with Gasteiger partial charge in [0.1, 0.15) is 0 Å². The van der Waals surface area contributed by atoms with Gasteiger partial charge in [0, 0.05) is 50.5 Å². The van der Waals surface area contributed by atoms with Crippen LogP contribution in [0.3, 0.4) is 0 Å². The highest BCUT2D eigenvalue weighted by Gasteiger charge is 2.23. The molecule has 0 bridgehead atoms. The highest BCUT2D eigenvalue weighted by atomic mass is 16.2. The summed E-state index contributed by atoms with van der Waals surface area (Å²) in [6.45, 7) is 6.34. The number of hydrogen-bond donors (Lipinski definition) is 0. The van der Waals surface area contributed by atoms with E-state index in [4.69, 9.17) is 0 Å². The van der Waals surface area contributed by atoms with Crippen molar-refractivity contribution < 1.29 is 9.59 Å². The van der Waals surface area contributed by atoms with Crippen LogP contribution in [0.1, 0.15) is 0 Å². The number of fused-ring (bicyclic) bond motifs is 1. The molecular formula is C19H22N4O2. The molecule has 130 valence electrons. The van der Waals surface area contributed by atoms with Gasteiger partial charge in [0.2, 0.25) is 11.8 Å². The minimum Gasteiger partial charge on any atom is -0.367 e. The Morgan fingerprint density at radius 3 is 2.64 bits per heavy atom. The van der Waals surface area contributed by atoms with Gasteiger partial charge in [-0.1, -0.05) is 24.8 Å². The van der Waals surface area contributed by atoms with Crippen LogP contribution in [0, 0.1) is 0 Å². The third-order valence-electron chi connectivity index (χ3n) is 4.52. The standard InChI is InChI=1S/C19H22N4O2/c1-3-18(24)21(2)14-19(25)23-12-10-22(11-13-23)17-8-9-20-16-7-5-4-6-15(16)17/h3-9H,1,10-14H2,2H3. The summed E-state index contributed by atoms with van der Waals surface area (Å²) in [5.41, 5.74) is 2.12. The van der Waals surface area contributed by atoms with Crippen LogP contribution in [0.25, 0.3) is 10.9 Å². The molecular weight excluding hydrogens is 316 g/mol. The first kappa shape index (κ1) is 17.0. The van der Waals surface area contributed by atoms with Crippen molar-refractivity contribution in [2.24, 2.45) is 0 Å². The smallest absolute Gasteiger partial charge is 0.246 e. The molecule has 0 atom stereocenters. The van der Waals surface area contributed by atoms with E-state index in [0.717, 1.165) is 29.7 Å². The number of anilines is 1. The van der Waals surface area contributed by atoms with Gasteiger partial charge in [-0.2, -0.15) is 0 Å². The van der Waals surface area contributed by atoms with Gasteiger partial charge in [-0.3, -0.25) is 14.6 Å². The van der Waals surface area contributed by atoms with Crippen LogP contribution >= 0.6 is 0 Å². The molecule has 2 heterocycles. The zero-order valence-electron chi connectivity index (χ0n) is 14.4. The lowest BCUT2D eigenvalue weighted by atomic mass is 10.1. The minimum absolute atomic E-state index is 0.0306. The Kier molecular flexibility index (Phi) is 4.97. The van der Waals surface area contributed by atoms with Gasteiger partial charge in [-0.05, 0) is 18.2 Å². The van der Waals surface area contributed by atoms with Crippen molar-refractivity contribution in [3.8, 4) is 0 Å². The van der Waals surface area contributed by atoms with E-state index in [9.17, 15) is 9.59 Å². The number of para-hydroxylation sites is 1. The lowest BCUT2D eigenvalue weighted by Crippen LogP contribution is -2.51. The Morgan fingerprint density at radius 2 is 1.92 bits per heavy atom. The number of benzene rings is 1. The van der Waals surface area contributed by atoms with Crippen molar-refractivity contribution in [3.05, 3.63) is 49.2 Å². The monoisotopic (exact) mass is 338 g/mol. The first-order valence-corrected chi connectivity index (χ1v) is 8.34. The second-order valence-electron chi connectivity index (χ2n) is 6.11. The number of carbonyl (C=O) groups is 2. The maximum absolute atomic E-state index is 12.4. The third-order valence-corrected chi connectivity index (χ3v) is 4.52. The fraction of sp³-hybridized carbons (Fsp3) is 0.316. The molecule has 6 nitrogen and oxygen atoms in total. The highest BCUT2D eigenvalue weighted by Crippen LogP contribution is 2.25. The van der Waals surface area contributed by atoms with Gasteiger partial charge < -0.3 is 14.7 Å². The third kappa shape index (κ3) is 3.63. The van der Waals surface area contributed by atoms with Crippen LogP contribution < -0.4 is 4.90 Å². The van der Waals surface area contributed by atoms with Gasteiger partial charge in [-0.25, -0.2) is 0 Å². The molecule has 1 aliphatic rings. The number of carbonyl (C=O) groups excluding carboxylic acids is 2. The van der Waals surface area contributed by atoms with Crippen LogP contribution in [0.4, 0.5) is 5.69 Å². The molecule has 2 amide bonds. The van der Waals surface area contributed by atoms with Crippen molar-refractivity contribution in [3.63, 3.8) is 0 Å². The number of rotatable bonds is 4. The van der Waals surface area contributed by atoms with Crippen LogP contribution in [0.15, 0.2) is 49.2 Å². The molecule has 0 saturated carbocycles. The van der Waals surface area contributed by atoms with Gasteiger partial charge in [0.15, 0.2) is 0 Å². The average molecular weight is 338 g/mol. The van der Waals surface area contributed by atoms with E-state index in [2.05, 4.69) is 22.5 Å². The molecule has 0 N–H and O–H groups in total. The van der Waals surface area contributed by atoms with Crippen molar-refractivity contribution in [1.82, 2.24) is 14.8 Å². The lowest BCUT2D eigenvalue weighted by Gasteiger charge is -2.37. The Balaban J connectivity index is 1.64. The van der Waals surface area contributed by atoms with Gasteiger partial charge in [0.25, 0.3) is 0 Å². The number of pyridine rings is 1. The quantitative estimate of drug-likeness (QED) is 0.794. The Bertz CT molecular complexity index is 792. The molecule has 3 rings (SSSR count). The lowest BCUT2D eigenvalue weighted by molar-refractivity contribution is -0.137. The van der Waals surface area contributed by atoms with E-state index in [1.165, 1.54) is 11.0 Å². The summed E-state index contributed by atoms with van der Waals surface area (Å²) in [6.07, 6.45) is 3.05. The van der Waals surface area contributed by atoms with E-state index in [-0.39, 0.29) is 18.4 Å². The zero-order chi connectivity index (χ0) is 17.8. The summed E-state index contributed by atoms with van der Waals surface area (Å²) in [4.78, 5) is 33.8. The number of aromatic nitrogens is 1. The van der Waals surface area contributed by atoms with E-state index < -0.39 is 0 Å². The van der Waals surface area contributed by atoms with E-state index in [1.807, 2.05) is 35.4 Å². The normalized spacial score (nSPS) is 14.4. The number of amides is 2. The molecule has 0 unspecified atom stereocenters. The second-order valence-corrected chi connectivity index (χ2v) is 6.11. The predicted molar refractivity (Wildman–Crippen MR) is 98.4 cm³/mol. The van der Waals surface area contributed by atoms with Gasteiger partial charge >= 0.3 is 0 Å². The number of piperazine rings is 1. The number of likely N-dealkylation sites (N-methyl/N-ethyl adjacent to an activating group) is 1. The Hall–Kier alpha value is -2.89. The molecule has 1 aromatic carbocycles. The van der Waals surface area contributed by atoms with Crippen LogP contribution in [-0.2, 0) is 9.59 Å².